The summed E-state index contributed by atoms with van der Waals surface area (Å²) >= 11 is 0. The third kappa shape index (κ3) is 4.11. The van der Waals surface area contributed by atoms with E-state index in [1.807, 2.05) is 19.1 Å². The van der Waals surface area contributed by atoms with Crippen LogP contribution in [0.5, 0.6) is 0 Å². The Hall–Kier alpha value is -1.86. The largest absolute Gasteiger partial charge is 0.375 e. The number of hydrogen-bond donors (Lipinski definition) is 0. The molecule has 0 saturated heterocycles. The lowest BCUT2D eigenvalue weighted by Gasteiger charge is -2.18. The van der Waals surface area contributed by atoms with E-state index in [0.717, 1.165) is 34.1 Å². The Bertz CT molecular complexity index is 789. The summed E-state index contributed by atoms with van der Waals surface area (Å²) in [5, 5.41) is 0. The number of aromatic nitrogens is 2. The third-order valence-corrected chi connectivity index (χ3v) is 4.82. The molecule has 1 aliphatic carbocycles. The van der Waals surface area contributed by atoms with Crippen LogP contribution in [0.4, 0.5) is 3.89 Å². The number of rotatable bonds is 6. The lowest BCUT2D eigenvalue weighted by molar-refractivity contribution is 0.372. The molecule has 122 valence electrons. The summed E-state index contributed by atoms with van der Waals surface area (Å²) in [6.07, 6.45) is 5.35. The second kappa shape index (κ2) is 6.33. The topological polar surface area (TPSA) is 63.2 Å². The monoisotopic (exact) mass is 335 g/mol. The van der Waals surface area contributed by atoms with Crippen LogP contribution in [0.15, 0.2) is 36.7 Å². The Morgan fingerprint density at radius 1 is 1.17 bits per heavy atom. The van der Waals surface area contributed by atoms with Gasteiger partial charge in [0.2, 0.25) is 0 Å². The van der Waals surface area contributed by atoms with Gasteiger partial charge in [-0.15, -0.1) is 0 Å². The predicted molar refractivity (Wildman–Crippen MR) is 84.5 cm³/mol. The number of halogens is 1. The number of benzene rings is 1. The molecule has 0 amide bonds. The van der Waals surface area contributed by atoms with E-state index < -0.39 is 10.4 Å². The van der Waals surface area contributed by atoms with Gasteiger partial charge in [0.15, 0.2) is 0 Å². The molecule has 2 aromatic rings. The molecule has 0 unspecified atom stereocenters. The molecule has 1 saturated carbocycles. The maximum absolute atomic E-state index is 13.6. The Kier molecular flexibility index (Phi) is 4.41. The molecule has 0 spiro atoms. The lowest BCUT2D eigenvalue weighted by Crippen LogP contribution is -2.27. The van der Waals surface area contributed by atoms with Crippen molar-refractivity contribution in [3.63, 3.8) is 0 Å². The van der Waals surface area contributed by atoms with Crippen LogP contribution in [0.25, 0.3) is 0 Å². The van der Waals surface area contributed by atoms with Gasteiger partial charge in [0.1, 0.15) is 5.82 Å². The molecule has 1 aliphatic rings. The molecule has 0 N–H and O–H groups in total. The normalized spacial score (nSPS) is 15.1. The van der Waals surface area contributed by atoms with Crippen LogP contribution >= 0.6 is 0 Å². The minimum Gasteiger partial charge on any atom is -0.241 e. The van der Waals surface area contributed by atoms with E-state index in [9.17, 15) is 12.3 Å². The van der Waals surface area contributed by atoms with Crippen LogP contribution in [0.3, 0.4) is 0 Å². The molecule has 0 aliphatic heterocycles. The first-order chi connectivity index (χ1) is 10.9. The molecule has 0 radical (unpaired) electrons. The van der Waals surface area contributed by atoms with E-state index in [2.05, 4.69) is 9.97 Å². The fourth-order valence-corrected chi connectivity index (χ4v) is 2.99. The second-order valence-corrected chi connectivity index (χ2v) is 7.20. The Balaban J connectivity index is 1.78. The van der Waals surface area contributed by atoms with Crippen LogP contribution in [0.1, 0.15) is 41.3 Å². The molecule has 3 rings (SSSR count). The standard InChI is InChI=1S/C16H18FN3O2S/c1-12-4-2-3-5-15(12)11-20(23(17,21)22)10-13-8-18-16(19-9-13)14-6-7-14/h2-5,8-9,14H,6-7,10-11H2,1H3. The molecule has 1 aromatic carbocycles. The van der Waals surface area contributed by atoms with E-state index in [0.29, 0.717) is 11.5 Å². The van der Waals surface area contributed by atoms with Crippen LogP contribution in [-0.4, -0.2) is 22.7 Å². The Morgan fingerprint density at radius 3 is 2.39 bits per heavy atom. The summed E-state index contributed by atoms with van der Waals surface area (Å²) in [5.41, 5.74) is 2.26. The van der Waals surface area contributed by atoms with Gasteiger partial charge >= 0.3 is 10.4 Å². The van der Waals surface area contributed by atoms with Crippen molar-refractivity contribution in [2.24, 2.45) is 0 Å². The highest BCUT2D eigenvalue weighted by atomic mass is 32.3. The van der Waals surface area contributed by atoms with Crippen molar-refractivity contribution in [2.75, 3.05) is 0 Å². The summed E-state index contributed by atoms with van der Waals surface area (Å²) in [6.45, 7) is 1.76. The molecule has 1 aromatic heterocycles. The molecular formula is C16H18FN3O2S. The SMILES string of the molecule is Cc1ccccc1CN(Cc1cnc(C2CC2)nc1)S(=O)(=O)F. The van der Waals surface area contributed by atoms with Crippen LogP contribution in [0, 0.1) is 6.92 Å². The van der Waals surface area contributed by atoms with Crippen molar-refractivity contribution in [1.29, 1.82) is 0 Å². The number of nitrogens with zero attached hydrogens (tertiary/aromatic N) is 3. The first-order valence-electron chi connectivity index (χ1n) is 7.48. The third-order valence-electron chi connectivity index (χ3n) is 3.94. The van der Waals surface area contributed by atoms with Gasteiger partial charge in [-0.25, -0.2) is 9.97 Å². The summed E-state index contributed by atoms with van der Waals surface area (Å²) in [4.78, 5) is 8.49. The molecule has 0 atom stereocenters. The van der Waals surface area contributed by atoms with Gasteiger partial charge in [0, 0.05) is 37.0 Å². The summed E-state index contributed by atoms with van der Waals surface area (Å²) in [5.74, 6) is 1.21. The number of aryl methyl sites for hydroxylation is 1. The maximum atomic E-state index is 13.6. The second-order valence-electron chi connectivity index (χ2n) is 5.86. The highest BCUT2D eigenvalue weighted by molar-refractivity contribution is 7.83. The lowest BCUT2D eigenvalue weighted by atomic mass is 10.1. The minimum absolute atomic E-state index is 0.0180. The zero-order valence-electron chi connectivity index (χ0n) is 12.8. The van der Waals surface area contributed by atoms with E-state index in [1.54, 1.807) is 24.5 Å². The van der Waals surface area contributed by atoms with Crippen LogP contribution in [0.2, 0.25) is 0 Å². The van der Waals surface area contributed by atoms with Crippen molar-refractivity contribution < 1.29 is 12.3 Å². The van der Waals surface area contributed by atoms with Gasteiger partial charge < -0.3 is 0 Å². The smallest absolute Gasteiger partial charge is 0.241 e. The zero-order chi connectivity index (χ0) is 16.4. The van der Waals surface area contributed by atoms with E-state index >= 15 is 0 Å². The van der Waals surface area contributed by atoms with Crippen molar-refractivity contribution in [3.05, 3.63) is 59.2 Å². The summed E-state index contributed by atoms with van der Waals surface area (Å²) in [7, 11) is -4.81. The highest BCUT2D eigenvalue weighted by Crippen LogP contribution is 2.37. The molecule has 5 nitrogen and oxygen atoms in total. The molecule has 23 heavy (non-hydrogen) atoms. The van der Waals surface area contributed by atoms with E-state index in [1.165, 1.54) is 0 Å². The Labute approximate surface area is 135 Å². The quantitative estimate of drug-likeness (QED) is 0.762. The molecule has 1 fully saturated rings. The fraction of sp³-hybridized carbons (Fsp3) is 0.375. The van der Waals surface area contributed by atoms with Gasteiger partial charge in [0.05, 0.1) is 0 Å². The average molecular weight is 335 g/mol. The van der Waals surface area contributed by atoms with E-state index in [4.69, 9.17) is 0 Å². The van der Waals surface area contributed by atoms with Gasteiger partial charge in [-0.3, -0.25) is 0 Å². The summed E-state index contributed by atoms with van der Waals surface area (Å²) in [6, 6.07) is 7.32. The van der Waals surface area contributed by atoms with Crippen molar-refractivity contribution in [2.45, 2.75) is 38.8 Å². The van der Waals surface area contributed by atoms with Crippen LogP contribution in [-0.2, 0) is 23.5 Å². The van der Waals surface area contributed by atoms with Crippen molar-refractivity contribution in [3.8, 4) is 0 Å². The fourth-order valence-electron chi connectivity index (χ4n) is 2.39. The first kappa shape index (κ1) is 16.0. The van der Waals surface area contributed by atoms with Gasteiger partial charge in [-0.05, 0) is 30.9 Å². The molecule has 7 heteroatoms. The Morgan fingerprint density at radius 2 is 1.83 bits per heavy atom. The zero-order valence-corrected chi connectivity index (χ0v) is 13.6. The van der Waals surface area contributed by atoms with Crippen molar-refractivity contribution >= 4 is 10.4 Å². The number of hydrogen-bond acceptors (Lipinski definition) is 4. The highest BCUT2D eigenvalue weighted by Gasteiger charge is 2.27. The molecular weight excluding hydrogens is 317 g/mol. The van der Waals surface area contributed by atoms with Gasteiger partial charge in [0.25, 0.3) is 0 Å². The average Bonchev–Trinajstić information content (AvgIpc) is 3.33. The minimum atomic E-state index is -4.81. The maximum Gasteiger partial charge on any atom is 0.375 e. The summed E-state index contributed by atoms with van der Waals surface area (Å²) < 4.78 is 37.3. The van der Waals surface area contributed by atoms with Gasteiger partial charge in [-0.1, -0.05) is 28.2 Å². The van der Waals surface area contributed by atoms with E-state index in [-0.39, 0.29) is 13.1 Å². The van der Waals surface area contributed by atoms with Gasteiger partial charge in [-0.2, -0.15) is 12.7 Å². The first-order valence-corrected chi connectivity index (χ1v) is 8.82. The molecule has 1 heterocycles. The van der Waals surface area contributed by atoms with Crippen LogP contribution < -0.4 is 0 Å². The molecule has 0 bridgehead atoms. The van der Waals surface area contributed by atoms with Crippen molar-refractivity contribution in [1.82, 2.24) is 14.3 Å². The predicted octanol–water partition coefficient (Wildman–Crippen LogP) is 2.88.